The summed E-state index contributed by atoms with van der Waals surface area (Å²) in [7, 11) is 0. The summed E-state index contributed by atoms with van der Waals surface area (Å²) in [6, 6.07) is 0. The summed E-state index contributed by atoms with van der Waals surface area (Å²) in [5.74, 6) is -1.96. The first-order valence-corrected chi connectivity index (χ1v) is 7.06. The second-order valence-corrected chi connectivity index (χ2v) is 6.96. The molecule has 1 N–H and O–H groups in total. The quantitative estimate of drug-likeness (QED) is 0.827. The first-order chi connectivity index (χ1) is 8.76. The fourth-order valence-corrected chi connectivity index (χ4v) is 5.41. The summed E-state index contributed by atoms with van der Waals surface area (Å²) in [6.07, 6.45) is 1.90. The molecule has 0 spiro atoms. The van der Waals surface area contributed by atoms with Crippen molar-refractivity contribution in [2.45, 2.75) is 40.0 Å². The number of carboxylic acid groups (broad SMARTS) is 1. The molecule has 3 aliphatic rings. The van der Waals surface area contributed by atoms with E-state index in [1.54, 1.807) is 6.92 Å². The standard InChI is InChI=1S/C15H20O4/c1-7-9(16)6-10-14(3)4-5-15(10,8(2)13(18)19)12(17)11(7)14/h7-8,10-11H,4-6H2,1-3H3,(H,18,19)/t7-,8-,10-,11+,14+,15-/m0/s1. The summed E-state index contributed by atoms with van der Waals surface area (Å²) in [4.78, 5) is 36.4. The number of ketones is 2. The lowest BCUT2D eigenvalue weighted by Gasteiger charge is -2.40. The number of carbonyl (C=O) groups excluding carboxylic acids is 2. The van der Waals surface area contributed by atoms with Crippen molar-refractivity contribution in [3.05, 3.63) is 0 Å². The van der Waals surface area contributed by atoms with Crippen LogP contribution in [0.25, 0.3) is 0 Å². The van der Waals surface area contributed by atoms with E-state index in [2.05, 4.69) is 6.92 Å². The van der Waals surface area contributed by atoms with Gasteiger partial charge in [-0.1, -0.05) is 20.8 Å². The third kappa shape index (κ3) is 1.18. The Morgan fingerprint density at radius 1 is 1.37 bits per heavy atom. The van der Waals surface area contributed by atoms with Gasteiger partial charge in [0, 0.05) is 23.7 Å². The zero-order chi connectivity index (χ0) is 14.2. The molecule has 0 radical (unpaired) electrons. The maximum absolute atomic E-state index is 12.9. The number of Topliss-reactive ketones (excluding diaryl/α,β-unsaturated/α-hetero) is 2. The van der Waals surface area contributed by atoms with Crippen LogP contribution in [-0.4, -0.2) is 22.6 Å². The number of carboxylic acids is 1. The van der Waals surface area contributed by atoms with Gasteiger partial charge in [-0.2, -0.15) is 0 Å². The highest BCUT2D eigenvalue weighted by Gasteiger charge is 2.75. The van der Waals surface area contributed by atoms with Crippen molar-refractivity contribution in [2.75, 3.05) is 0 Å². The maximum atomic E-state index is 12.9. The molecule has 0 unspecified atom stereocenters. The van der Waals surface area contributed by atoms with Gasteiger partial charge in [0.05, 0.1) is 5.92 Å². The average Bonchev–Trinajstić information content (AvgIpc) is 2.69. The molecular formula is C15H20O4. The predicted molar refractivity (Wildman–Crippen MR) is 67.3 cm³/mol. The van der Waals surface area contributed by atoms with E-state index in [0.29, 0.717) is 12.8 Å². The van der Waals surface area contributed by atoms with Gasteiger partial charge in [-0.05, 0) is 24.2 Å². The fraction of sp³-hybridized carbons (Fsp3) is 0.800. The van der Waals surface area contributed by atoms with Gasteiger partial charge in [0.2, 0.25) is 0 Å². The smallest absolute Gasteiger partial charge is 0.307 e. The van der Waals surface area contributed by atoms with Gasteiger partial charge >= 0.3 is 5.97 Å². The van der Waals surface area contributed by atoms with E-state index in [-0.39, 0.29) is 34.7 Å². The molecule has 0 aromatic rings. The molecule has 6 atom stereocenters. The lowest BCUT2D eigenvalue weighted by Crippen LogP contribution is -2.43. The van der Waals surface area contributed by atoms with Crippen LogP contribution in [0, 0.1) is 34.5 Å². The first-order valence-electron chi connectivity index (χ1n) is 7.06. The molecule has 3 fully saturated rings. The summed E-state index contributed by atoms with van der Waals surface area (Å²) in [6.45, 7) is 5.57. The Labute approximate surface area is 112 Å². The number of rotatable bonds is 2. The van der Waals surface area contributed by atoms with Crippen LogP contribution in [0.1, 0.15) is 40.0 Å². The molecule has 0 aromatic carbocycles. The molecule has 4 heteroatoms. The third-order valence-corrected chi connectivity index (χ3v) is 6.50. The highest BCUT2D eigenvalue weighted by molar-refractivity contribution is 6.02. The molecule has 104 valence electrons. The van der Waals surface area contributed by atoms with Crippen LogP contribution >= 0.6 is 0 Å². The molecule has 3 aliphatic carbocycles. The van der Waals surface area contributed by atoms with E-state index in [9.17, 15) is 19.5 Å². The Morgan fingerprint density at radius 2 is 2.00 bits per heavy atom. The summed E-state index contributed by atoms with van der Waals surface area (Å²) >= 11 is 0. The Hall–Kier alpha value is -1.19. The minimum Gasteiger partial charge on any atom is -0.481 e. The molecule has 19 heavy (non-hydrogen) atoms. The Morgan fingerprint density at radius 3 is 2.58 bits per heavy atom. The lowest BCUT2D eigenvalue weighted by molar-refractivity contribution is -0.152. The van der Waals surface area contributed by atoms with E-state index in [0.717, 1.165) is 6.42 Å². The fourth-order valence-electron chi connectivity index (χ4n) is 5.41. The normalized spacial score (nSPS) is 49.5. The van der Waals surface area contributed by atoms with Crippen LogP contribution in [0.15, 0.2) is 0 Å². The molecule has 0 aromatic heterocycles. The van der Waals surface area contributed by atoms with E-state index < -0.39 is 17.3 Å². The molecule has 4 bridgehead atoms. The zero-order valence-corrected chi connectivity index (χ0v) is 11.6. The van der Waals surface area contributed by atoms with Crippen LogP contribution in [0.3, 0.4) is 0 Å². The van der Waals surface area contributed by atoms with Crippen LogP contribution in [0.2, 0.25) is 0 Å². The predicted octanol–water partition coefficient (Wildman–Crippen LogP) is 1.92. The monoisotopic (exact) mass is 264 g/mol. The van der Waals surface area contributed by atoms with Gasteiger partial charge in [-0.15, -0.1) is 0 Å². The lowest BCUT2D eigenvalue weighted by atomic mass is 9.62. The van der Waals surface area contributed by atoms with E-state index >= 15 is 0 Å². The molecule has 3 rings (SSSR count). The van der Waals surface area contributed by atoms with Crippen molar-refractivity contribution >= 4 is 17.5 Å². The van der Waals surface area contributed by atoms with Crippen LogP contribution < -0.4 is 0 Å². The first kappa shape index (κ1) is 12.8. The van der Waals surface area contributed by atoms with Gasteiger partial charge in [0.15, 0.2) is 0 Å². The van der Waals surface area contributed by atoms with E-state index in [1.807, 2.05) is 6.92 Å². The van der Waals surface area contributed by atoms with Gasteiger partial charge in [0.1, 0.15) is 11.6 Å². The van der Waals surface area contributed by atoms with Crippen molar-refractivity contribution in [2.24, 2.45) is 34.5 Å². The second-order valence-electron chi connectivity index (χ2n) is 6.96. The number of hydrogen-bond acceptors (Lipinski definition) is 3. The minimum absolute atomic E-state index is 0.0551. The molecule has 0 amide bonds. The Balaban J connectivity index is 2.16. The van der Waals surface area contributed by atoms with Crippen molar-refractivity contribution < 1.29 is 19.5 Å². The van der Waals surface area contributed by atoms with Crippen LogP contribution in [0.5, 0.6) is 0 Å². The van der Waals surface area contributed by atoms with Crippen molar-refractivity contribution in [3.63, 3.8) is 0 Å². The number of carbonyl (C=O) groups is 3. The number of aliphatic carboxylic acids is 1. The highest BCUT2D eigenvalue weighted by atomic mass is 16.4. The van der Waals surface area contributed by atoms with E-state index in [4.69, 9.17) is 0 Å². The summed E-state index contributed by atoms with van der Waals surface area (Å²) in [5.41, 5.74) is -0.945. The largest absolute Gasteiger partial charge is 0.481 e. The number of hydrogen-bond donors (Lipinski definition) is 1. The molecule has 0 saturated heterocycles. The Bertz CT molecular complexity index is 496. The maximum Gasteiger partial charge on any atom is 0.307 e. The van der Waals surface area contributed by atoms with Crippen molar-refractivity contribution in [1.82, 2.24) is 0 Å². The third-order valence-electron chi connectivity index (χ3n) is 6.50. The SMILES string of the molecule is C[C@H]1C(=O)C[C@H]2[C@@]3(C)CC[C@@]2([C@@H](C)C(=O)O)C(=O)[C@@H]13. The molecule has 3 saturated carbocycles. The average molecular weight is 264 g/mol. The molecule has 0 aliphatic heterocycles. The second kappa shape index (κ2) is 3.47. The topological polar surface area (TPSA) is 71.4 Å². The summed E-state index contributed by atoms with van der Waals surface area (Å²) < 4.78 is 0. The van der Waals surface area contributed by atoms with Gasteiger partial charge < -0.3 is 5.11 Å². The molecule has 0 heterocycles. The van der Waals surface area contributed by atoms with E-state index in [1.165, 1.54) is 0 Å². The van der Waals surface area contributed by atoms with Gasteiger partial charge in [-0.25, -0.2) is 0 Å². The van der Waals surface area contributed by atoms with Crippen LogP contribution in [0.4, 0.5) is 0 Å². The van der Waals surface area contributed by atoms with Crippen molar-refractivity contribution in [1.29, 1.82) is 0 Å². The molecule has 4 nitrogen and oxygen atoms in total. The highest BCUT2D eigenvalue weighted by Crippen LogP contribution is 2.72. The minimum atomic E-state index is -0.912. The van der Waals surface area contributed by atoms with Crippen molar-refractivity contribution in [3.8, 4) is 0 Å². The van der Waals surface area contributed by atoms with Gasteiger partial charge in [-0.3, -0.25) is 14.4 Å². The van der Waals surface area contributed by atoms with Gasteiger partial charge in [0.25, 0.3) is 0 Å². The zero-order valence-electron chi connectivity index (χ0n) is 11.6. The summed E-state index contributed by atoms with van der Waals surface area (Å²) in [5, 5.41) is 9.37. The van der Waals surface area contributed by atoms with Crippen LogP contribution in [-0.2, 0) is 14.4 Å². The Kier molecular flexibility index (Phi) is 2.34. The molecular weight excluding hydrogens is 244 g/mol.